The number of aromatic carboxylic acids is 1. The second kappa shape index (κ2) is 4.52. The highest BCUT2D eigenvalue weighted by atomic mass is 79.9. The SMILES string of the molecule is CCOC(=O)c1sc(Br)nc1C(=O)O. The molecule has 1 aromatic rings. The Kier molecular flexibility index (Phi) is 3.59. The third-order valence-corrected chi connectivity index (χ3v) is 2.75. The third kappa shape index (κ3) is 2.30. The summed E-state index contributed by atoms with van der Waals surface area (Å²) < 4.78 is 5.02. The fourth-order valence-corrected chi connectivity index (χ4v) is 2.11. The molecule has 1 heterocycles. The Labute approximate surface area is 91.8 Å². The summed E-state index contributed by atoms with van der Waals surface area (Å²) in [5.41, 5.74) is -0.277. The van der Waals surface area contributed by atoms with Crippen LogP contribution in [0.1, 0.15) is 27.1 Å². The number of carboxylic acids is 1. The molecule has 7 heteroatoms. The van der Waals surface area contributed by atoms with Gasteiger partial charge in [0, 0.05) is 0 Å². The summed E-state index contributed by atoms with van der Waals surface area (Å²) in [5.74, 6) is -1.90. The Morgan fingerprint density at radius 1 is 1.64 bits per heavy atom. The average molecular weight is 280 g/mol. The summed E-state index contributed by atoms with van der Waals surface area (Å²) in [6.07, 6.45) is 0. The molecule has 0 radical (unpaired) electrons. The van der Waals surface area contributed by atoms with Crippen LogP contribution in [-0.4, -0.2) is 28.6 Å². The van der Waals surface area contributed by atoms with Crippen LogP contribution in [0, 0.1) is 0 Å². The van der Waals surface area contributed by atoms with Gasteiger partial charge in [0.2, 0.25) is 0 Å². The largest absolute Gasteiger partial charge is 0.476 e. The molecule has 0 saturated heterocycles. The molecule has 0 amide bonds. The number of nitrogens with zero attached hydrogens (tertiary/aromatic N) is 1. The molecule has 0 aliphatic heterocycles. The number of rotatable bonds is 3. The standard InChI is InChI=1S/C7H6BrNO4S/c1-2-13-6(12)4-3(5(10)11)9-7(8)14-4/h2H2,1H3,(H,10,11). The average Bonchev–Trinajstić information content (AvgIpc) is 2.48. The fourth-order valence-electron chi connectivity index (χ4n) is 0.774. The zero-order valence-electron chi connectivity index (χ0n) is 7.11. The summed E-state index contributed by atoms with van der Waals surface area (Å²) in [4.78, 5) is 25.6. The first kappa shape index (κ1) is 11.1. The van der Waals surface area contributed by atoms with E-state index in [9.17, 15) is 9.59 Å². The van der Waals surface area contributed by atoms with Crippen molar-refractivity contribution < 1.29 is 19.4 Å². The van der Waals surface area contributed by atoms with Crippen molar-refractivity contribution in [3.63, 3.8) is 0 Å². The van der Waals surface area contributed by atoms with E-state index in [-0.39, 0.29) is 17.2 Å². The van der Waals surface area contributed by atoms with Gasteiger partial charge in [0.1, 0.15) is 4.88 Å². The fraction of sp³-hybridized carbons (Fsp3) is 0.286. The van der Waals surface area contributed by atoms with Crippen LogP contribution in [0.2, 0.25) is 0 Å². The number of hydrogen-bond donors (Lipinski definition) is 1. The first-order valence-electron chi connectivity index (χ1n) is 3.63. The highest BCUT2D eigenvalue weighted by molar-refractivity contribution is 9.11. The van der Waals surface area contributed by atoms with Crippen molar-refractivity contribution in [2.24, 2.45) is 0 Å². The number of carbonyl (C=O) groups is 2. The van der Waals surface area contributed by atoms with Crippen molar-refractivity contribution in [3.05, 3.63) is 14.5 Å². The van der Waals surface area contributed by atoms with Crippen LogP contribution in [0.3, 0.4) is 0 Å². The maximum atomic E-state index is 11.2. The molecule has 0 spiro atoms. The minimum Gasteiger partial charge on any atom is -0.476 e. The van der Waals surface area contributed by atoms with Crippen LogP contribution in [0.15, 0.2) is 3.92 Å². The minimum atomic E-state index is -1.24. The van der Waals surface area contributed by atoms with Crippen LogP contribution in [-0.2, 0) is 4.74 Å². The first-order valence-corrected chi connectivity index (χ1v) is 5.24. The van der Waals surface area contributed by atoms with Gasteiger partial charge in [0.25, 0.3) is 0 Å². The van der Waals surface area contributed by atoms with Gasteiger partial charge in [0.05, 0.1) is 6.61 Å². The number of hydrogen-bond acceptors (Lipinski definition) is 5. The molecule has 1 N–H and O–H groups in total. The number of carbonyl (C=O) groups excluding carboxylic acids is 1. The highest BCUT2D eigenvalue weighted by Crippen LogP contribution is 2.24. The van der Waals surface area contributed by atoms with Crippen LogP contribution in [0.5, 0.6) is 0 Å². The van der Waals surface area contributed by atoms with E-state index >= 15 is 0 Å². The molecule has 76 valence electrons. The molecule has 0 aliphatic rings. The topological polar surface area (TPSA) is 76.5 Å². The van der Waals surface area contributed by atoms with E-state index in [0.717, 1.165) is 11.3 Å². The van der Waals surface area contributed by atoms with E-state index in [1.54, 1.807) is 6.92 Å². The van der Waals surface area contributed by atoms with Crippen molar-refractivity contribution in [2.45, 2.75) is 6.92 Å². The second-order valence-corrected chi connectivity index (χ2v) is 4.45. The van der Waals surface area contributed by atoms with Gasteiger partial charge in [-0.3, -0.25) is 0 Å². The number of halogens is 1. The molecule has 14 heavy (non-hydrogen) atoms. The lowest BCUT2D eigenvalue weighted by Gasteiger charge is -1.98. The summed E-state index contributed by atoms with van der Waals surface area (Å²) in [5, 5.41) is 8.71. The van der Waals surface area contributed by atoms with E-state index in [0.29, 0.717) is 3.92 Å². The smallest absolute Gasteiger partial charge is 0.356 e. The molecule has 0 atom stereocenters. The molecule has 0 unspecified atom stereocenters. The zero-order valence-corrected chi connectivity index (χ0v) is 9.51. The molecule has 1 rings (SSSR count). The van der Waals surface area contributed by atoms with Gasteiger partial charge >= 0.3 is 11.9 Å². The lowest BCUT2D eigenvalue weighted by Crippen LogP contribution is -2.09. The predicted octanol–water partition coefficient (Wildman–Crippen LogP) is 1.78. The van der Waals surface area contributed by atoms with Gasteiger partial charge in [-0.2, -0.15) is 0 Å². The first-order chi connectivity index (χ1) is 6.56. The van der Waals surface area contributed by atoms with Crippen molar-refractivity contribution in [1.29, 1.82) is 0 Å². The van der Waals surface area contributed by atoms with Crippen molar-refractivity contribution in [2.75, 3.05) is 6.61 Å². The van der Waals surface area contributed by atoms with Crippen LogP contribution >= 0.6 is 27.3 Å². The van der Waals surface area contributed by atoms with Crippen molar-refractivity contribution >= 4 is 39.2 Å². The van der Waals surface area contributed by atoms with Gasteiger partial charge in [-0.15, -0.1) is 0 Å². The van der Waals surface area contributed by atoms with Crippen LogP contribution in [0.25, 0.3) is 0 Å². The number of ether oxygens (including phenoxy) is 1. The van der Waals surface area contributed by atoms with E-state index in [1.165, 1.54) is 0 Å². The summed E-state index contributed by atoms with van der Waals surface area (Å²) >= 11 is 3.95. The maximum Gasteiger partial charge on any atom is 0.356 e. The lowest BCUT2D eigenvalue weighted by atomic mass is 10.4. The third-order valence-electron chi connectivity index (χ3n) is 1.26. The number of thiazole rings is 1. The van der Waals surface area contributed by atoms with E-state index in [4.69, 9.17) is 5.11 Å². The number of aromatic nitrogens is 1. The Balaban J connectivity index is 3.06. The molecule has 0 aromatic carbocycles. The lowest BCUT2D eigenvalue weighted by molar-refractivity contribution is 0.0519. The van der Waals surface area contributed by atoms with Gasteiger partial charge < -0.3 is 9.84 Å². The normalized spacial score (nSPS) is 9.86. The van der Waals surface area contributed by atoms with Gasteiger partial charge in [-0.25, -0.2) is 14.6 Å². The molecule has 0 fully saturated rings. The van der Waals surface area contributed by atoms with Crippen LogP contribution in [0.4, 0.5) is 0 Å². The molecule has 0 bridgehead atoms. The maximum absolute atomic E-state index is 11.2. The summed E-state index contributed by atoms with van der Waals surface area (Å²) in [6, 6.07) is 0. The van der Waals surface area contributed by atoms with Crippen molar-refractivity contribution in [1.82, 2.24) is 4.98 Å². The quantitative estimate of drug-likeness (QED) is 0.854. The second-order valence-electron chi connectivity index (χ2n) is 2.17. The number of carboxylic acid groups (broad SMARTS) is 1. The Bertz CT molecular complexity index is 376. The molecule has 1 aromatic heterocycles. The molecule has 0 aliphatic carbocycles. The van der Waals surface area contributed by atoms with E-state index in [1.807, 2.05) is 0 Å². The van der Waals surface area contributed by atoms with Crippen molar-refractivity contribution in [3.8, 4) is 0 Å². The van der Waals surface area contributed by atoms with E-state index < -0.39 is 11.9 Å². The summed E-state index contributed by atoms with van der Waals surface area (Å²) in [7, 11) is 0. The molecular weight excluding hydrogens is 274 g/mol. The van der Waals surface area contributed by atoms with Gasteiger partial charge in [-0.05, 0) is 22.9 Å². The zero-order chi connectivity index (χ0) is 10.7. The molecular formula is C7H6BrNO4S. The highest BCUT2D eigenvalue weighted by Gasteiger charge is 2.23. The predicted molar refractivity (Wildman–Crippen MR) is 52.7 cm³/mol. The van der Waals surface area contributed by atoms with Gasteiger partial charge in [0.15, 0.2) is 9.61 Å². The summed E-state index contributed by atoms with van der Waals surface area (Å²) in [6.45, 7) is 1.85. The van der Waals surface area contributed by atoms with Crippen LogP contribution < -0.4 is 0 Å². The molecule has 5 nitrogen and oxygen atoms in total. The minimum absolute atomic E-state index is 0.00576. The Hall–Kier alpha value is -0.950. The number of esters is 1. The monoisotopic (exact) mass is 279 g/mol. The molecule has 0 saturated carbocycles. The Morgan fingerprint density at radius 2 is 2.29 bits per heavy atom. The van der Waals surface area contributed by atoms with Gasteiger partial charge in [-0.1, -0.05) is 11.3 Å². The van der Waals surface area contributed by atoms with E-state index in [2.05, 4.69) is 25.7 Å². The Morgan fingerprint density at radius 3 is 2.79 bits per heavy atom.